The first-order chi connectivity index (χ1) is 11.5. The van der Waals surface area contributed by atoms with Crippen LogP contribution in [0.15, 0.2) is 18.2 Å². The van der Waals surface area contributed by atoms with E-state index in [1.165, 1.54) is 88.2 Å². The largest absolute Gasteiger partial charge is 0.508 e. The van der Waals surface area contributed by atoms with Crippen molar-refractivity contribution in [2.75, 3.05) is 0 Å². The zero-order valence-corrected chi connectivity index (χ0v) is 15.9. The van der Waals surface area contributed by atoms with Crippen molar-refractivity contribution in [3.63, 3.8) is 0 Å². The van der Waals surface area contributed by atoms with Crippen LogP contribution in [-0.4, -0.2) is 5.11 Å². The monoisotopic (exact) mass is 328 g/mol. The van der Waals surface area contributed by atoms with Crippen molar-refractivity contribution in [3.05, 3.63) is 29.3 Å². The Balaban J connectivity index is 1.36. The normalized spacial score (nSPS) is 20.1. The molecular formula is C23H36O. The molecule has 1 aromatic carbocycles. The number of unbranched alkanes of at least 4 members (excludes halogenated alkanes) is 3. The van der Waals surface area contributed by atoms with Gasteiger partial charge in [-0.2, -0.15) is 0 Å². The smallest absolute Gasteiger partial charge is 0.118 e. The highest BCUT2D eigenvalue weighted by Crippen LogP contribution is 2.49. The highest BCUT2D eigenvalue weighted by molar-refractivity contribution is 5.36. The fourth-order valence-corrected chi connectivity index (χ4v) is 3.85. The molecule has 0 unspecified atom stereocenters. The zero-order valence-electron chi connectivity index (χ0n) is 15.9. The van der Waals surface area contributed by atoms with Crippen LogP contribution in [-0.2, 0) is 12.8 Å². The van der Waals surface area contributed by atoms with Crippen LogP contribution in [0.3, 0.4) is 0 Å². The van der Waals surface area contributed by atoms with Crippen LogP contribution in [0.25, 0.3) is 0 Å². The zero-order chi connectivity index (χ0) is 17.0. The SMILES string of the molecule is CC1(CCCCCc2ccc(O)c(CCCCC3(C)CC3)c2)CC1. The third kappa shape index (κ3) is 5.53. The van der Waals surface area contributed by atoms with Gasteiger partial charge in [0.15, 0.2) is 0 Å². The molecule has 134 valence electrons. The molecule has 0 radical (unpaired) electrons. The maximum Gasteiger partial charge on any atom is 0.118 e. The van der Waals surface area contributed by atoms with E-state index >= 15 is 0 Å². The lowest BCUT2D eigenvalue weighted by Crippen LogP contribution is -1.96. The van der Waals surface area contributed by atoms with Gasteiger partial charge in [0, 0.05) is 0 Å². The van der Waals surface area contributed by atoms with Gasteiger partial charge in [0.2, 0.25) is 0 Å². The summed E-state index contributed by atoms with van der Waals surface area (Å²) >= 11 is 0. The summed E-state index contributed by atoms with van der Waals surface area (Å²) in [6.07, 6.45) is 17.3. The van der Waals surface area contributed by atoms with Crippen molar-refractivity contribution in [1.29, 1.82) is 0 Å². The summed E-state index contributed by atoms with van der Waals surface area (Å²) in [4.78, 5) is 0. The van der Waals surface area contributed by atoms with E-state index in [2.05, 4.69) is 26.0 Å². The minimum absolute atomic E-state index is 0.498. The molecule has 0 saturated heterocycles. The molecule has 1 heteroatoms. The summed E-state index contributed by atoms with van der Waals surface area (Å²) in [7, 11) is 0. The number of aryl methyl sites for hydroxylation is 2. The van der Waals surface area contributed by atoms with Gasteiger partial charge in [-0.1, -0.05) is 45.2 Å². The molecule has 3 rings (SSSR count). The molecule has 1 aromatic rings. The minimum Gasteiger partial charge on any atom is -0.508 e. The van der Waals surface area contributed by atoms with Gasteiger partial charge in [-0.3, -0.25) is 0 Å². The molecule has 0 bridgehead atoms. The Bertz CT molecular complexity index is 537. The van der Waals surface area contributed by atoms with Crippen molar-refractivity contribution < 1.29 is 5.11 Å². The van der Waals surface area contributed by atoms with Gasteiger partial charge >= 0.3 is 0 Å². The van der Waals surface area contributed by atoms with Crippen LogP contribution in [0.5, 0.6) is 5.75 Å². The molecule has 0 aromatic heterocycles. The highest BCUT2D eigenvalue weighted by atomic mass is 16.3. The van der Waals surface area contributed by atoms with Gasteiger partial charge in [0.1, 0.15) is 5.75 Å². The predicted molar refractivity (Wildman–Crippen MR) is 103 cm³/mol. The maximum absolute atomic E-state index is 10.1. The molecule has 0 amide bonds. The summed E-state index contributed by atoms with van der Waals surface area (Å²) < 4.78 is 0. The lowest BCUT2D eigenvalue weighted by molar-refractivity contribution is 0.458. The van der Waals surface area contributed by atoms with Crippen LogP contribution in [0.1, 0.15) is 95.6 Å². The van der Waals surface area contributed by atoms with Crippen molar-refractivity contribution >= 4 is 0 Å². The van der Waals surface area contributed by atoms with E-state index in [9.17, 15) is 5.11 Å². The maximum atomic E-state index is 10.1. The summed E-state index contributed by atoms with van der Waals surface area (Å²) in [6.45, 7) is 4.84. The second-order valence-electron chi connectivity index (χ2n) is 9.35. The van der Waals surface area contributed by atoms with Gasteiger partial charge in [0.05, 0.1) is 0 Å². The van der Waals surface area contributed by atoms with E-state index in [4.69, 9.17) is 0 Å². The Morgan fingerprint density at radius 1 is 0.792 bits per heavy atom. The van der Waals surface area contributed by atoms with E-state index in [-0.39, 0.29) is 0 Å². The average Bonchev–Trinajstić information content (AvgIpc) is 3.46. The molecule has 2 aliphatic carbocycles. The third-order valence-corrected chi connectivity index (χ3v) is 6.57. The first kappa shape index (κ1) is 17.8. The lowest BCUT2D eigenvalue weighted by atomic mass is 9.96. The van der Waals surface area contributed by atoms with Gasteiger partial charge < -0.3 is 5.11 Å². The molecule has 0 atom stereocenters. The van der Waals surface area contributed by atoms with Crippen molar-refractivity contribution in [3.8, 4) is 5.75 Å². The second-order valence-corrected chi connectivity index (χ2v) is 9.35. The van der Waals surface area contributed by atoms with Crippen LogP contribution in [0.2, 0.25) is 0 Å². The summed E-state index contributed by atoms with van der Waals surface area (Å²) in [6, 6.07) is 6.29. The van der Waals surface area contributed by atoms with E-state index in [0.29, 0.717) is 16.6 Å². The number of hydrogen-bond donors (Lipinski definition) is 1. The van der Waals surface area contributed by atoms with Gasteiger partial charge in [0.25, 0.3) is 0 Å². The number of phenols is 1. The standard InChI is InChI=1S/C23H36O/c1-22(14-15-22)12-6-3-4-8-19-10-11-21(24)20(18-19)9-5-7-13-23(2)16-17-23/h10-11,18,24H,3-9,12-17H2,1-2H3. The fourth-order valence-electron chi connectivity index (χ4n) is 3.85. The van der Waals surface area contributed by atoms with Crippen LogP contribution < -0.4 is 0 Å². The Kier molecular flexibility index (Phi) is 5.57. The molecular weight excluding hydrogens is 292 g/mol. The molecule has 24 heavy (non-hydrogen) atoms. The first-order valence-electron chi connectivity index (χ1n) is 10.3. The molecule has 2 fully saturated rings. The Labute approximate surface area is 148 Å². The number of benzene rings is 1. The van der Waals surface area contributed by atoms with E-state index in [0.717, 1.165) is 6.42 Å². The molecule has 2 saturated carbocycles. The third-order valence-electron chi connectivity index (χ3n) is 6.57. The first-order valence-corrected chi connectivity index (χ1v) is 10.3. The Morgan fingerprint density at radius 3 is 2.00 bits per heavy atom. The quantitative estimate of drug-likeness (QED) is 0.442. The number of phenolic OH excluding ortho intramolecular Hbond substituents is 1. The number of aromatic hydroxyl groups is 1. The lowest BCUT2D eigenvalue weighted by Gasteiger charge is -2.10. The van der Waals surface area contributed by atoms with Gasteiger partial charge in [-0.25, -0.2) is 0 Å². The van der Waals surface area contributed by atoms with Crippen molar-refractivity contribution in [2.24, 2.45) is 10.8 Å². The second kappa shape index (κ2) is 7.50. The summed E-state index contributed by atoms with van der Waals surface area (Å²) in [5, 5.41) is 10.1. The molecule has 0 heterocycles. The predicted octanol–water partition coefficient (Wildman–Crippen LogP) is 6.81. The average molecular weight is 329 g/mol. The van der Waals surface area contributed by atoms with E-state index < -0.39 is 0 Å². The topological polar surface area (TPSA) is 20.2 Å². The van der Waals surface area contributed by atoms with Crippen LogP contribution in [0.4, 0.5) is 0 Å². The molecule has 1 N–H and O–H groups in total. The Hall–Kier alpha value is -0.980. The molecule has 0 spiro atoms. The minimum atomic E-state index is 0.498. The Morgan fingerprint density at radius 2 is 1.38 bits per heavy atom. The van der Waals surface area contributed by atoms with Crippen molar-refractivity contribution in [2.45, 2.75) is 97.3 Å². The number of rotatable bonds is 11. The van der Waals surface area contributed by atoms with Crippen LogP contribution in [0, 0.1) is 10.8 Å². The highest BCUT2D eigenvalue weighted by Gasteiger charge is 2.36. The summed E-state index contributed by atoms with van der Waals surface area (Å²) in [5.74, 6) is 0.498. The van der Waals surface area contributed by atoms with E-state index in [1.54, 1.807) is 0 Å². The molecule has 1 nitrogen and oxygen atoms in total. The van der Waals surface area contributed by atoms with Crippen molar-refractivity contribution in [1.82, 2.24) is 0 Å². The summed E-state index contributed by atoms with van der Waals surface area (Å²) in [5.41, 5.74) is 3.96. The van der Waals surface area contributed by atoms with Crippen LogP contribution >= 0.6 is 0 Å². The number of hydrogen-bond acceptors (Lipinski definition) is 1. The van der Waals surface area contributed by atoms with Gasteiger partial charge in [-0.15, -0.1) is 0 Å². The van der Waals surface area contributed by atoms with Gasteiger partial charge in [-0.05, 0) is 92.2 Å². The van der Waals surface area contributed by atoms with E-state index in [1.807, 2.05) is 6.07 Å². The fraction of sp³-hybridized carbons (Fsp3) is 0.739. The molecule has 0 aliphatic heterocycles. The molecule has 2 aliphatic rings.